The van der Waals surface area contributed by atoms with Crippen LogP contribution in [-0.2, 0) is 27.4 Å². The molecular weight excluding hydrogens is 394 g/mol. The smallest absolute Gasteiger partial charge is 0.407 e. The van der Waals surface area contributed by atoms with Crippen molar-refractivity contribution in [2.24, 2.45) is 0 Å². The van der Waals surface area contributed by atoms with Gasteiger partial charge in [-0.2, -0.15) is 0 Å². The lowest BCUT2D eigenvalue weighted by atomic mass is 10.1. The summed E-state index contributed by atoms with van der Waals surface area (Å²) in [5, 5.41) is 12.0. The fourth-order valence-corrected chi connectivity index (χ4v) is 2.79. The minimum Gasteiger partial charge on any atom is -0.444 e. The Morgan fingerprint density at radius 2 is 1.52 bits per heavy atom. The molecule has 2 N–H and O–H groups in total. The lowest BCUT2D eigenvalue weighted by Crippen LogP contribution is -2.43. The molecule has 2 rings (SSSR count). The first-order valence-corrected chi connectivity index (χ1v) is 10.4. The molecule has 0 unspecified atom stereocenters. The number of rotatable bonds is 11. The van der Waals surface area contributed by atoms with Crippen LogP contribution >= 0.6 is 0 Å². The fraction of sp³-hybridized carbons (Fsp3) is 0.400. The van der Waals surface area contributed by atoms with Gasteiger partial charge in [0.1, 0.15) is 17.8 Å². The normalized spacial score (nSPS) is 13.7. The molecule has 0 saturated heterocycles. The Morgan fingerprint density at radius 1 is 0.968 bits per heavy atom. The van der Waals surface area contributed by atoms with Gasteiger partial charge in [-0.3, -0.25) is 0 Å². The van der Waals surface area contributed by atoms with E-state index in [4.69, 9.17) is 14.2 Å². The van der Waals surface area contributed by atoms with Gasteiger partial charge >= 0.3 is 6.09 Å². The maximum atomic E-state index is 12.2. The third-order valence-corrected chi connectivity index (χ3v) is 4.24. The Morgan fingerprint density at radius 3 is 2.03 bits per heavy atom. The standard InChI is InChI=1S/C25H33NO5/c1-25(2,3)31-24(28)26-17-23(30-19-21-13-8-5-9-14-21)22(15-10-16-27)29-18-20-11-6-4-7-12-20/h4-15,22-23,27H,16-19H2,1-3H3,(H,26,28)/b15-10+/t22-,23-/m0/s1. The maximum Gasteiger partial charge on any atom is 0.407 e. The van der Waals surface area contributed by atoms with Crippen LogP contribution in [0.2, 0.25) is 0 Å². The number of benzene rings is 2. The maximum absolute atomic E-state index is 12.2. The number of ether oxygens (including phenoxy) is 3. The van der Waals surface area contributed by atoms with Gasteiger partial charge in [-0.1, -0.05) is 72.8 Å². The molecule has 6 heteroatoms. The van der Waals surface area contributed by atoms with Crippen molar-refractivity contribution in [2.45, 2.75) is 51.8 Å². The van der Waals surface area contributed by atoms with Gasteiger partial charge in [-0.05, 0) is 31.9 Å². The monoisotopic (exact) mass is 427 g/mol. The van der Waals surface area contributed by atoms with Crippen LogP contribution in [-0.4, -0.2) is 42.2 Å². The van der Waals surface area contributed by atoms with Crippen molar-refractivity contribution >= 4 is 6.09 Å². The summed E-state index contributed by atoms with van der Waals surface area (Å²) < 4.78 is 17.6. The number of aliphatic hydroxyl groups is 1. The highest BCUT2D eigenvalue weighted by molar-refractivity contribution is 5.67. The summed E-state index contributed by atoms with van der Waals surface area (Å²) in [5.41, 5.74) is 1.44. The largest absolute Gasteiger partial charge is 0.444 e. The highest BCUT2D eigenvalue weighted by Crippen LogP contribution is 2.14. The first kappa shape index (κ1) is 24.6. The van der Waals surface area contributed by atoms with Crippen molar-refractivity contribution in [3.05, 3.63) is 83.9 Å². The zero-order valence-corrected chi connectivity index (χ0v) is 18.5. The lowest BCUT2D eigenvalue weighted by molar-refractivity contribution is -0.0637. The Hall–Kier alpha value is -2.67. The molecular formula is C25H33NO5. The zero-order chi connectivity index (χ0) is 22.5. The molecule has 6 nitrogen and oxygen atoms in total. The van der Waals surface area contributed by atoms with Crippen LogP contribution < -0.4 is 5.32 Å². The molecule has 2 aromatic carbocycles. The molecule has 0 aromatic heterocycles. The summed E-state index contributed by atoms with van der Waals surface area (Å²) >= 11 is 0. The Balaban J connectivity index is 2.09. The SMILES string of the molecule is CC(C)(C)OC(=O)NC[C@H](OCc1ccccc1)[C@H](/C=C/CO)OCc1ccccc1. The van der Waals surface area contributed by atoms with Crippen molar-refractivity contribution < 1.29 is 24.1 Å². The number of carbonyl (C=O) groups excluding carboxylic acids is 1. The summed E-state index contributed by atoms with van der Waals surface area (Å²) in [6, 6.07) is 19.6. The highest BCUT2D eigenvalue weighted by atomic mass is 16.6. The van der Waals surface area contributed by atoms with Gasteiger partial charge in [-0.25, -0.2) is 4.79 Å². The topological polar surface area (TPSA) is 77.0 Å². The average Bonchev–Trinajstić information content (AvgIpc) is 2.74. The summed E-state index contributed by atoms with van der Waals surface area (Å²) in [6.07, 6.45) is 1.89. The van der Waals surface area contributed by atoms with Crippen LogP contribution in [0.4, 0.5) is 4.79 Å². The summed E-state index contributed by atoms with van der Waals surface area (Å²) in [7, 11) is 0. The number of aliphatic hydroxyl groups excluding tert-OH is 1. The minimum atomic E-state index is -0.593. The van der Waals surface area contributed by atoms with Crippen molar-refractivity contribution in [3.8, 4) is 0 Å². The Kier molecular flexibility index (Phi) is 10.2. The second-order valence-electron chi connectivity index (χ2n) is 8.09. The first-order chi connectivity index (χ1) is 14.9. The van der Waals surface area contributed by atoms with Crippen LogP contribution in [0.5, 0.6) is 0 Å². The molecule has 0 bridgehead atoms. The number of hydrogen-bond acceptors (Lipinski definition) is 5. The van der Waals surface area contributed by atoms with Crippen LogP contribution in [0.15, 0.2) is 72.8 Å². The van der Waals surface area contributed by atoms with E-state index in [9.17, 15) is 9.90 Å². The molecule has 0 heterocycles. The van der Waals surface area contributed by atoms with E-state index in [1.54, 1.807) is 12.2 Å². The van der Waals surface area contributed by atoms with Crippen molar-refractivity contribution in [2.75, 3.05) is 13.2 Å². The van der Waals surface area contributed by atoms with E-state index in [1.165, 1.54) is 0 Å². The molecule has 168 valence electrons. The highest BCUT2D eigenvalue weighted by Gasteiger charge is 2.24. The lowest BCUT2D eigenvalue weighted by Gasteiger charge is -2.27. The fourth-order valence-electron chi connectivity index (χ4n) is 2.79. The minimum absolute atomic E-state index is 0.115. The van der Waals surface area contributed by atoms with Gasteiger partial charge in [0.25, 0.3) is 0 Å². The second-order valence-corrected chi connectivity index (χ2v) is 8.09. The van der Waals surface area contributed by atoms with Crippen molar-refractivity contribution in [1.82, 2.24) is 5.32 Å². The number of alkyl carbamates (subject to hydrolysis) is 1. The summed E-state index contributed by atoms with van der Waals surface area (Å²) in [6.45, 7) is 6.24. The van der Waals surface area contributed by atoms with Gasteiger partial charge < -0.3 is 24.6 Å². The van der Waals surface area contributed by atoms with Crippen LogP contribution in [0.1, 0.15) is 31.9 Å². The summed E-state index contributed by atoms with van der Waals surface area (Å²) in [5.74, 6) is 0. The van der Waals surface area contributed by atoms with E-state index >= 15 is 0 Å². The van der Waals surface area contributed by atoms with E-state index in [1.807, 2.05) is 81.4 Å². The molecule has 31 heavy (non-hydrogen) atoms. The van der Waals surface area contributed by atoms with Gasteiger partial charge in [0.2, 0.25) is 0 Å². The molecule has 0 fully saturated rings. The second kappa shape index (κ2) is 12.9. The summed E-state index contributed by atoms with van der Waals surface area (Å²) in [4.78, 5) is 12.2. The predicted octanol–water partition coefficient (Wildman–Crippen LogP) is 4.23. The molecule has 0 radical (unpaired) electrons. The van der Waals surface area contributed by atoms with Gasteiger partial charge in [0.05, 0.1) is 26.4 Å². The number of nitrogens with one attached hydrogen (secondary N) is 1. The van der Waals surface area contributed by atoms with Gasteiger partial charge in [-0.15, -0.1) is 0 Å². The van der Waals surface area contributed by atoms with Gasteiger partial charge in [0, 0.05) is 0 Å². The van der Waals surface area contributed by atoms with Crippen molar-refractivity contribution in [3.63, 3.8) is 0 Å². The van der Waals surface area contributed by atoms with Crippen LogP contribution in [0, 0.1) is 0 Å². The average molecular weight is 428 g/mol. The third kappa shape index (κ3) is 10.3. The van der Waals surface area contributed by atoms with E-state index in [2.05, 4.69) is 5.32 Å². The van der Waals surface area contributed by atoms with Crippen molar-refractivity contribution in [1.29, 1.82) is 0 Å². The predicted molar refractivity (Wildman–Crippen MR) is 121 cm³/mol. The van der Waals surface area contributed by atoms with Crippen LogP contribution in [0.25, 0.3) is 0 Å². The van der Waals surface area contributed by atoms with E-state index < -0.39 is 23.9 Å². The molecule has 2 aromatic rings. The third-order valence-electron chi connectivity index (χ3n) is 4.24. The zero-order valence-electron chi connectivity index (χ0n) is 18.5. The first-order valence-electron chi connectivity index (χ1n) is 10.4. The quantitative estimate of drug-likeness (QED) is 0.525. The van der Waals surface area contributed by atoms with E-state index in [0.29, 0.717) is 13.2 Å². The molecule has 2 atom stereocenters. The molecule has 1 amide bonds. The number of amides is 1. The Bertz CT molecular complexity index is 787. The van der Waals surface area contributed by atoms with E-state index in [-0.39, 0.29) is 13.2 Å². The molecule has 0 spiro atoms. The van der Waals surface area contributed by atoms with Gasteiger partial charge in [0.15, 0.2) is 0 Å². The number of carbonyl (C=O) groups is 1. The molecule has 0 aliphatic rings. The van der Waals surface area contributed by atoms with E-state index in [0.717, 1.165) is 11.1 Å². The molecule has 0 aliphatic heterocycles. The molecule has 0 saturated carbocycles. The van der Waals surface area contributed by atoms with Crippen LogP contribution in [0.3, 0.4) is 0 Å². The Labute approximate surface area is 184 Å². The number of hydrogen-bond donors (Lipinski definition) is 2. The molecule has 0 aliphatic carbocycles.